The van der Waals surface area contributed by atoms with E-state index in [4.69, 9.17) is 12.2 Å². The maximum absolute atomic E-state index is 5.28. The number of nitrogens with one attached hydrogen (secondary N) is 1. The van der Waals surface area contributed by atoms with Gasteiger partial charge in [-0.2, -0.15) is 0 Å². The zero-order valence-electron chi connectivity index (χ0n) is 9.72. The molecule has 2 nitrogen and oxygen atoms in total. The second kappa shape index (κ2) is 4.96. The average molecular weight is 301 g/mol. The highest BCUT2D eigenvalue weighted by Gasteiger charge is 2.25. The standard InChI is InChI=1S/C12H17BrN2S/c1-3-9-10(13)12(16)15-11(14-9)8-5-4-7(2)6-8/h7-8H,3-6H2,1-2H3,(H,14,15,16). The summed E-state index contributed by atoms with van der Waals surface area (Å²) < 4.78 is 1.66. The Labute approximate surface area is 110 Å². The summed E-state index contributed by atoms with van der Waals surface area (Å²) in [7, 11) is 0. The molecule has 4 heteroatoms. The van der Waals surface area contributed by atoms with Gasteiger partial charge in [0.15, 0.2) is 0 Å². The highest BCUT2D eigenvalue weighted by molar-refractivity contribution is 9.10. The molecule has 1 N–H and O–H groups in total. The van der Waals surface area contributed by atoms with Crippen LogP contribution in [-0.2, 0) is 6.42 Å². The van der Waals surface area contributed by atoms with Crippen LogP contribution in [0.4, 0.5) is 0 Å². The monoisotopic (exact) mass is 300 g/mol. The molecular formula is C12H17BrN2S. The van der Waals surface area contributed by atoms with Crippen LogP contribution in [0.2, 0.25) is 0 Å². The third-order valence-electron chi connectivity index (χ3n) is 3.39. The lowest BCUT2D eigenvalue weighted by molar-refractivity contribution is 0.583. The van der Waals surface area contributed by atoms with Crippen LogP contribution in [0.1, 0.15) is 50.5 Å². The fourth-order valence-corrected chi connectivity index (χ4v) is 3.11. The maximum Gasteiger partial charge on any atom is 0.144 e. The molecule has 2 atom stereocenters. The first-order valence-electron chi connectivity index (χ1n) is 5.90. The summed E-state index contributed by atoms with van der Waals surface area (Å²) in [4.78, 5) is 7.95. The third kappa shape index (κ3) is 2.38. The normalized spacial score (nSPS) is 24.9. The number of aromatic amines is 1. The van der Waals surface area contributed by atoms with Gasteiger partial charge >= 0.3 is 0 Å². The van der Waals surface area contributed by atoms with Crippen LogP contribution in [0.15, 0.2) is 4.47 Å². The molecule has 0 aromatic carbocycles. The smallest absolute Gasteiger partial charge is 0.144 e. The Bertz CT molecular complexity index is 441. The van der Waals surface area contributed by atoms with Crippen molar-refractivity contribution in [3.05, 3.63) is 20.6 Å². The number of rotatable bonds is 2. The minimum Gasteiger partial charge on any atom is -0.346 e. The molecule has 0 spiro atoms. The van der Waals surface area contributed by atoms with Crippen molar-refractivity contribution >= 4 is 28.1 Å². The molecule has 88 valence electrons. The lowest BCUT2D eigenvalue weighted by Gasteiger charge is -2.12. The second-order valence-corrected chi connectivity index (χ2v) is 5.87. The van der Waals surface area contributed by atoms with Crippen molar-refractivity contribution in [1.29, 1.82) is 0 Å². The van der Waals surface area contributed by atoms with Crippen LogP contribution in [0.3, 0.4) is 0 Å². The molecule has 0 bridgehead atoms. The predicted octanol–water partition coefficient (Wildman–Crippen LogP) is 4.37. The summed E-state index contributed by atoms with van der Waals surface area (Å²) in [6, 6.07) is 0. The Morgan fingerprint density at radius 1 is 1.50 bits per heavy atom. The summed E-state index contributed by atoms with van der Waals surface area (Å²) in [5, 5.41) is 0. The molecule has 1 aromatic heterocycles. The van der Waals surface area contributed by atoms with Crippen LogP contribution < -0.4 is 0 Å². The Kier molecular flexibility index (Phi) is 3.80. The molecule has 1 aliphatic carbocycles. The fourth-order valence-electron chi connectivity index (χ4n) is 2.42. The highest BCUT2D eigenvalue weighted by atomic mass is 79.9. The van der Waals surface area contributed by atoms with E-state index in [1.165, 1.54) is 25.0 Å². The molecular weight excluding hydrogens is 284 g/mol. The lowest BCUT2D eigenvalue weighted by atomic mass is 10.1. The van der Waals surface area contributed by atoms with Gasteiger partial charge in [0, 0.05) is 11.6 Å². The van der Waals surface area contributed by atoms with Gasteiger partial charge in [-0.1, -0.05) is 26.1 Å². The number of halogens is 1. The van der Waals surface area contributed by atoms with Crippen molar-refractivity contribution in [2.75, 3.05) is 0 Å². The molecule has 1 heterocycles. The Morgan fingerprint density at radius 3 is 2.81 bits per heavy atom. The molecule has 1 aromatic rings. The summed E-state index contributed by atoms with van der Waals surface area (Å²) in [6.45, 7) is 4.45. The largest absolute Gasteiger partial charge is 0.346 e. The van der Waals surface area contributed by atoms with Crippen molar-refractivity contribution in [1.82, 2.24) is 9.97 Å². The summed E-state index contributed by atoms with van der Waals surface area (Å²) in [5.74, 6) is 2.49. The SMILES string of the molecule is CCc1[nH]c(C2CCC(C)C2)nc(=S)c1Br. The molecule has 2 unspecified atom stereocenters. The van der Waals surface area contributed by atoms with Crippen molar-refractivity contribution < 1.29 is 0 Å². The predicted molar refractivity (Wildman–Crippen MR) is 72.3 cm³/mol. The lowest BCUT2D eigenvalue weighted by Crippen LogP contribution is -2.05. The first kappa shape index (κ1) is 12.2. The molecule has 1 saturated carbocycles. The maximum atomic E-state index is 5.28. The number of H-pyrrole nitrogens is 1. The number of nitrogens with zero attached hydrogens (tertiary/aromatic N) is 1. The minimum absolute atomic E-state index is 0.579. The molecule has 1 aliphatic rings. The summed E-state index contributed by atoms with van der Waals surface area (Å²) >= 11 is 8.78. The van der Waals surface area contributed by atoms with Gasteiger partial charge < -0.3 is 4.98 Å². The minimum atomic E-state index is 0.579. The van der Waals surface area contributed by atoms with Crippen molar-refractivity contribution in [2.24, 2.45) is 5.92 Å². The number of aromatic nitrogens is 2. The molecule has 0 radical (unpaired) electrons. The van der Waals surface area contributed by atoms with Crippen molar-refractivity contribution in [2.45, 2.75) is 45.4 Å². The van der Waals surface area contributed by atoms with Crippen molar-refractivity contribution in [3.63, 3.8) is 0 Å². The molecule has 2 rings (SSSR count). The van der Waals surface area contributed by atoms with Gasteiger partial charge in [0.2, 0.25) is 0 Å². The quantitative estimate of drug-likeness (QED) is 0.822. The number of hydrogen-bond donors (Lipinski definition) is 1. The van der Waals surface area contributed by atoms with Gasteiger partial charge in [0.25, 0.3) is 0 Å². The van der Waals surface area contributed by atoms with Gasteiger partial charge in [0.05, 0.1) is 4.47 Å². The van der Waals surface area contributed by atoms with Crippen LogP contribution in [0, 0.1) is 10.6 Å². The van der Waals surface area contributed by atoms with E-state index in [9.17, 15) is 0 Å². The molecule has 0 amide bonds. The zero-order chi connectivity index (χ0) is 11.7. The van der Waals surface area contributed by atoms with Crippen LogP contribution >= 0.6 is 28.1 Å². The number of hydrogen-bond acceptors (Lipinski definition) is 2. The van der Waals surface area contributed by atoms with Crippen LogP contribution in [-0.4, -0.2) is 9.97 Å². The van der Waals surface area contributed by atoms with E-state index < -0.39 is 0 Å². The highest BCUT2D eigenvalue weighted by Crippen LogP contribution is 2.36. The average Bonchev–Trinajstić information content (AvgIpc) is 2.69. The van der Waals surface area contributed by atoms with Crippen molar-refractivity contribution in [3.8, 4) is 0 Å². The molecule has 1 fully saturated rings. The van der Waals surface area contributed by atoms with E-state index in [1.807, 2.05) is 0 Å². The first-order chi connectivity index (χ1) is 7.61. The molecule has 16 heavy (non-hydrogen) atoms. The van der Waals surface area contributed by atoms with E-state index in [-0.39, 0.29) is 0 Å². The Balaban J connectivity index is 2.35. The van der Waals surface area contributed by atoms with Gasteiger partial charge in [-0.3, -0.25) is 0 Å². The van der Waals surface area contributed by atoms with Gasteiger partial charge in [-0.05, 0) is 47.5 Å². The van der Waals surface area contributed by atoms with E-state index >= 15 is 0 Å². The second-order valence-electron chi connectivity index (χ2n) is 4.69. The fraction of sp³-hybridized carbons (Fsp3) is 0.667. The van der Waals surface area contributed by atoms with E-state index in [2.05, 4.69) is 39.7 Å². The zero-order valence-corrected chi connectivity index (χ0v) is 12.1. The summed E-state index contributed by atoms with van der Waals surface area (Å²) in [5.41, 5.74) is 1.18. The first-order valence-corrected chi connectivity index (χ1v) is 7.10. The Hall–Kier alpha value is -0.220. The molecule has 0 saturated heterocycles. The van der Waals surface area contributed by atoms with Gasteiger partial charge in [0.1, 0.15) is 10.5 Å². The number of aryl methyl sites for hydroxylation is 1. The van der Waals surface area contributed by atoms with Crippen LogP contribution in [0.5, 0.6) is 0 Å². The van der Waals surface area contributed by atoms with E-state index in [1.54, 1.807) is 0 Å². The van der Waals surface area contributed by atoms with E-state index in [0.717, 1.165) is 22.6 Å². The molecule has 0 aliphatic heterocycles. The Morgan fingerprint density at radius 2 is 2.25 bits per heavy atom. The summed E-state index contributed by atoms with van der Waals surface area (Å²) in [6.07, 6.45) is 4.75. The van der Waals surface area contributed by atoms with Crippen LogP contribution in [0.25, 0.3) is 0 Å². The van der Waals surface area contributed by atoms with Gasteiger partial charge in [-0.15, -0.1) is 0 Å². The topological polar surface area (TPSA) is 28.7 Å². The van der Waals surface area contributed by atoms with E-state index in [0.29, 0.717) is 10.6 Å². The van der Waals surface area contributed by atoms with Gasteiger partial charge in [-0.25, -0.2) is 4.98 Å². The third-order valence-corrected chi connectivity index (χ3v) is 4.80.